The second kappa shape index (κ2) is 11.8. The van der Waals surface area contributed by atoms with Crippen LogP contribution in [-0.4, -0.2) is 37.6 Å². The molecule has 0 spiro atoms. The van der Waals surface area contributed by atoms with Gasteiger partial charge in [-0.3, -0.25) is 0 Å². The number of alkyl halides is 3. The number of hydrogen-bond donors (Lipinski definition) is 0. The molecule has 0 aliphatic rings. The van der Waals surface area contributed by atoms with Gasteiger partial charge in [-0.1, -0.05) is 0 Å². The van der Waals surface area contributed by atoms with Crippen molar-refractivity contribution in [3.05, 3.63) is 0 Å². The Bertz CT molecular complexity index is 77.1. The smallest absolute Gasteiger partial charge is 0.131 e. The highest BCUT2D eigenvalue weighted by molar-refractivity contribution is 6.44. The van der Waals surface area contributed by atoms with Gasteiger partial charge in [0.25, 0.3) is 0 Å². The molecule has 0 bridgehead atoms. The van der Waals surface area contributed by atoms with Crippen LogP contribution in [0.4, 0.5) is 0 Å². The third kappa shape index (κ3) is 17.0. The molecule has 0 aliphatic heterocycles. The zero-order chi connectivity index (χ0) is 9.98. The first-order chi connectivity index (χ1) is 5.58. The highest BCUT2D eigenvalue weighted by Crippen LogP contribution is 1.99. The van der Waals surface area contributed by atoms with Crippen LogP contribution in [0.1, 0.15) is 6.92 Å². The molecule has 0 aromatic rings. The molecule has 0 aromatic heterocycles. The van der Waals surface area contributed by atoms with E-state index in [1.54, 1.807) is 14.2 Å². The van der Waals surface area contributed by atoms with Crippen LogP contribution >= 0.6 is 34.8 Å². The Morgan fingerprint density at radius 1 is 1.25 bits per heavy atom. The van der Waals surface area contributed by atoms with Gasteiger partial charge in [-0.15, -0.1) is 34.8 Å². The highest BCUT2D eigenvalue weighted by atomic mass is 35.5. The molecule has 0 saturated heterocycles. The van der Waals surface area contributed by atoms with E-state index < -0.39 is 0 Å². The molecular formula is C7H15Cl3O2. The summed E-state index contributed by atoms with van der Waals surface area (Å²) in [4.78, 5) is -0.380. The van der Waals surface area contributed by atoms with Crippen molar-refractivity contribution in [2.45, 2.75) is 17.9 Å². The van der Waals surface area contributed by atoms with E-state index in [0.29, 0.717) is 12.5 Å². The first-order valence-corrected chi connectivity index (χ1v) is 4.85. The van der Waals surface area contributed by atoms with Crippen LogP contribution in [0.15, 0.2) is 0 Å². The Balaban J connectivity index is 0. The van der Waals surface area contributed by atoms with Crippen LogP contribution < -0.4 is 0 Å². The maximum atomic E-state index is 5.33. The summed E-state index contributed by atoms with van der Waals surface area (Å²) < 4.78 is 9.31. The first kappa shape index (κ1) is 15.3. The van der Waals surface area contributed by atoms with Gasteiger partial charge >= 0.3 is 0 Å². The van der Waals surface area contributed by atoms with Gasteiger partial charge in [-0.2, -0.15) is 0 Å². The molecule has 76 valence electrons. The lowest BCUT2D eigenvalue weighted by Crippen LogP contribution is -2.04. The summed E-state index contributed by atoms with van der Waals surface area (Å²) >= 11 is 15.8. The lowest BCUT2D eigenvalue weighted by molar-refractivity contribution is 0.136. The average molecular weight is 238 g/mol. The van der Waals surface area contributed by atoms with Crippen molar-refractivity contribution in [3.63, 3.8) is 0 Å². The Labute approximate surface area is 89.1 Å². The summed E-state index contributed by atoms with van der Waals surface area (Å²) in [5.74, 6) is 0.580. The Kier molecular flexibility index (Phi) is 15.0. The quantitative estimate of drug-likeness (QED) is 0.700. The second-order valence-corrected chi connectivity index (χ2v) is 3.63. The van der Waals surface area contributed by atoms with Gasteiger partial charge in [0.1, 0.15) is 4.84 Å². The molecule has 1 atom stereocenters. The molecule has 5 heteroatoms. The minimum atomic E-state index is -0.380. The van der Waals surface area contributed by atoms with Crippen LogP contribution in [0.25, 0.3) is 0 Å². The average Bonchev–Trinajstić information content (AvgIpc) is 2.04. The van der Waals surface area contributed by atoms with Gasteiger partial charge in [-0.05, 0) is 6.92 Å². The fraction of sp³-hybridized carbons (Fsp3) is 1.00. The summed E-state index contributed by atoms with van der Waals surface area (Å²) in [6, 6.07) is 0. The Hall–Kier alpha value is 0.790. The lowest BCUT2D eigenvalue weighted by atomic mass is 10.5. The maximum Gasteiger partial charge on any atom is 0.131 e. The van der Waals surface area contributed by atoms with Gasteiger partial charge in [0.2, 0.25) is 0 Å². The number of ether oxygens (including phenoxy) is 2. The summed E-state index contributed by atoms with van der Waals surface area (Å²) in [6.07, 6.45) is 0.201. The normalized spacial score (nSPS) is 12.2. The SMILES string of the molecule is COC(C)CCl.COCC(Cl)Cl. The summed E-state index contributed by atoms with van der Waals surface area (Å²) in [5, 5.41) is 0. The number of methoxy groups -OCH3 is 2. The fourth-order valence-corrected chi connectivity index (χ4v) is 0.567. The van der Waals surface area contributed by atoms with Crippen molar-refractivity contribution in [2.75, 3.05) is 26.7 Å². The molecule has 12 heavy (non-hydrogen) atoms. The zero-order valence-corrected chi connectivity index (χ0v) is 9.79. The van der Waals surface area contributed by atoms with Crippen LogP contribution in [-0.2, 0) is 9.47 Å². The molecule has 0 amide bonds. The van der Waals surface area contributed by atoms with E-state index in [4.69, 9.17) is 39.5 Å². The van der Waals surface area contributed by atoms with Crippen LogP contribution in [0, 0.1) is 0 Å². The number of rotatable bonds is 4. The second-order valence-electron chi connectivity index (χ2n) is 2.05. The molecule has 0 heterocycles. The maximum absolute atomic E-state index is 5.33. The molecule has 0 radical (unpaired) electrons. The molecule has 0 aliphatic carbocycles. The standard InChI is InChI=1S/C4H9ClO.C3H6Cl2O/c1-4(3-5)6-2;1-6-2-3(4)5/h4H,3H2,1-2H3;3H,2H2,1H3. The van der Waals surface area contributed by atoms with Crippen molar-refractivity contribution >= 4 is 34.8 Å². The summed E-state index contributed by atoms with van der Waals surface area (Å²) in [7, 11) is 3.20. The number of halogens is 3. The minimum Gasteiger partial charge on any atom is -0.382 e. The van der Waals surface area contributed by atoms with Crippen molar-refractivity contribution in [1.29, 1.82) is 0 Å². The summed E-state index contributed by atoms with van der Waals surface area (Å²) in [5.41, 5.74) is 0. The third-order valence-corrected chi connectivity index (χ3v) is 1.60. The zero-order valence-electron chi connectivity index (χ0n) is 7.52. The van der Waals surface area contributed by atoms with Gasteiger partial charge in [0.15, 0.2) is 0 Å². The van der Waals surface area contributed by atoms with Crippen LogP contribution in [0.5, 0.6) is 0 Å². The van der Waals surface area contributed by atoms with E-state index in [0.717, 1.165) is 0 Å². The predicted molar refractivity (Wildman–Crippen MR) is 54.6 cm³/mol. The molecule has 0 fully saturated rings. The van der Waals surface area contributed by atoms with E-state index in [1.165, 1.54) is 0 Å². The molecule has 1 unspecified atom stereocenters. The third-order valence-electron chi connectivity index (χ3n) is 0.912. The monoisotopic (exact) mass is 236 g/mol. The largest absolute Gasteiger partial charge is 0.382 e. The topological polar surface area (TPSA) is 18.5 Å². The Morgan fingerprint density at radius 2 is 1.75 bits per heavy atom. The molecule has 0 saturated carbocycles. The van der Waals surface area contributed by atoms with Gasteiger partial charge in [-0.25, -0.2) is 0 Å². The molecule has 0 rings (SSSR count). The van der Waals surface area contributed by atoms with Crippen molar-refractivity contribution in [3.8, 4) is 0 Å². The van der Waals surface area contributed by atoms with E-state index >= 15 is 0 Å². The van der Waals surface area contributed by atoms with E-state index in [2.05, 4.69) is 4.74 Å². The Morgan fingerprint density at radius 3 is 1.75 bits per heavy atom. The van der Waals surface area contributed by atoms with Crippen LogP contribution in [0.2, 0.25) is 0 Å². The first-order valence-electron chi connectivity index (χ1n) is 3.44. The van der Waals surface area contributed by atoms with Crippen molar-refractivity contribution < 1.29 is 9.47 Å². The molecular weight excluding hydrogens is 222 g/mol. The van der Waals surface area contributed by atoms with Gasteiger partial charge in [0, 0.05) is 20.1 Å². The highest BCUT2D eigenvalue weighted by Gasteiger charge is 1.92. The predicted octanol–water partition coefficient (Wildman–Crippen LogP) is 2.70. The van der Waals surface area contributed by atoms with E-state index in [9.17, 15) is 0 Å². The van der Waals surface area contributed by atoms with Gasteiger partial charge < -0.3 is 9.47 Å². The minimum absolute atomic E-state index is 0.201. The fourth-order valence-electron chi connectivity index (χ4n) is 0.189. The lowest BCUT2D eigenvalue weighted by Gasteiger charge is -1.99. The molecule has 0 aromatic carbocycles. The molecule has 0 N–H and O–H groups in total. The van der Waals surface area contributed by atoms with Crippen molar-refractivity contribution in [1.82, 2.24) is 0 Å². The van der Waals surface area contributed by atoms with Crippen LogP contribution in [0.3, 0.4) is 0 Å². The van der Waals surface area contributed by atoms with E-state index in [1.807, 2.05) is 6.92 Å². The van der Waals surface area contributed by atoms with Crippen molar-refractivity contribution in [2.24, 2.45) is 0 Å². The molecule has 2 nitrogen and oxygen atoms in total. The summed E-state index contributed by atoms with van der Waals surface area (Å²) in [6.45, 7) is 2.33. The number of hydrogen-bond acceptors (Lipinski definition) is 2. The van der Waals surface area contributed by atoms with Gasteiger partial charge in [0.05, 0.1) is 12.7 Å². The van der Waals surface area contributed by atoms with E-state index in [-0.39, 0.29) is 10.9 Å².